The van der Waals surface area contributed by atoms with Gasteiger partial charge in [0.05, 0.1) is 12.7 Å². The molecule has 22 heavy (non-hydrogen) atoms. The Bertz CT molecular complexity index is 520. The molecule has 0 radical (unpaired) electrons. The van der Waals surface area contributed by atoms with Gasteiger partial charge in [0, 0.05) is 32.7 Å². The van der Waals surface area contributed by atoms with Crippen LogP contribution in [0.1, 0.15) is 18.6 Å². The predicted octanol–water partition coefficient (Wildman–Crippen LogP) is 1.77. The van der Waals surface area contributed by atoms with Crippen LogP contribution in [0, 0.1) is 11.6 Å². The van der Waals surface area contributed by atoms with E-state index in [0.29, 0.717) is 44.9 Å². The molecule has 1 aromatic rings. The number of β-amino-alcohol motifs (C(OH)–C–C–N with tert-alkyl or cyclic N) is 1. The van der Waals surface area contributed by atoms with Gasteiger partial charge in [0.2, 0.25) is 0 Å². The zero-order valence-corrected chi connectivity index (χ0v) is 12.5. The van der Waals surface area contributed by atoms with Gasteiger partial charge in [-0.2, -0.15) is 0 Å². The van der Waals surface area contributed by atoms with Gasteiger partial charge in [0.15, 0.2) is 11.6 Å². The highest BCUT2D eigenvalue weighted by molar-refractivity contribution is 5.67. The lowest BCUT2D eigenvalue weighted by molar-refractivity contribution is 0.0577. The first-order valence-corrected chi connectivity index (χ1v) is 7.28. The van der Waals surface area contributed by atoms with Gasteiger partial charge in [-0.3, -0.25) is 4.90 Å². The van der Waals surface area contributed by atoms with E-state index in [9.17, 15) is 18.7 Å². The van der Waals surface area contributed by atoms with Crippen LogP contribution in [0.2, 0.25) is 0 Å². The van der Waals surface area contributed by atoms with E-state index in [1.807, 2.05) is 4.90 Å². The van der Waals surface area contributed by atoms with E-state index in [2.05, 4.69) is 0 Å². The van der Waals surface area contributed by atoms with Crippen molar-refractivity contribution >= 4 is 6.09 Å². The third-order valence-corrected chi connectivity index (χ3v) is 3.66. The summed E-state index contributed by atoms with van der Waals surface area (Å²) in [5.74, 6) is -1.90. The first-order chi connectivity index (χ1) is 10.5. The van der Waals surface area contributed by atoms with Crippen molar-refractivity contribution in [3.63, 3.8) is 0 Å². The van der Waals surface area contributed by atoms with Crippen LogP contribution < -0.4 is 0 Å². The SMILES string of the molecule is CCOC(=O)N1CCN(CC(O)c2ccc(F)c(F)c2)CC1. The van der Waals surface area contributed by atoms with Crippen LogP contribution in [0.15, 0.2) is 18.2 Å². The zero-order chi connectivity index (χ0) is 16.1. The molecular formula is C15H20F2N2O3. The fraction of sp³-hybridized carbons (Fsp3) is 0.533. The van der Waals surface area contributed by atoms with Crippen molar-refractivity contribution in [2.75, 3.05) is 39.3 Å². The number of hydrogen-bond donors (Lipinski definition) is 1. The largest absolute Gasteiger partial charge is 0.450 e. The molecule has 5 nitrogen and oxygen atoms in total. The molecule has 1 unspecified atom stereocenters. The minimum absolute atomic E-state index is 0.307. The van der Waals surface area contributed by atoms with Crippen molar-refractivity contribution < 1.29 is 23.4 Å². The molecule has 0 spiro atoms. The Morgan fingerprint density at radius 1 is 1.27 bits per heavy atom. The topological polar surface area (TPSA) is 53.0 Å². The number of carbonyl (C=O) groups is 1. The molecule has 1 heterocycles. The van der Waals surface area contributed by atoms with E-state index in [4.69, 9.17) is 4.74 Å². The lowest BCUT2D eigenvalue weighted by atomic mass is 10.1. The molecule has 1 atom stereocenters. The minimum atomic E-state index is -0.969. The molecule has 1 fully saturated rings. The Hall–Kier alpha value is -1.73. The molecule has 1 aromatic carbocycles. The second-order valence-corrected chi connectivity index (χ2v) is 5.18. The van der Waals surface area contributed by atoms with E-state index in [1.165, 1.54) is 6.07 Å². The highest BCUT2D eigenvalue weighted by Crippen LogP contribution is 2.18. The van der Waals surface area contributed by atoms with Gasteiger partial charge in [0.1, 0.15) is 0 Å². The molecule has 2 rings (SSSR count). The molecule has 0 bridgehead atoms. The molecule has 1 aliphatic heterocycles. The monoisotopic (exact) mass is 314 g/mol. The average Bonchev–Trinajstić information content (AvgIpc) is 2.51. The van der Waals surface area contributed by atoms with Crippen LogP contribution in [0.5, 0.6) is 0 Å². The van der Waals surface area contributed by atoms with E-state index in [0.717, 1.165) is 12.1 Å². The quantitative estimate of drug-likeness (QED) is 0.920. The number of ether oxygens (including phenoxy) is 1. The second kappa shape index (κ2) is 7.51. The summed E-state index contributed by atoms with van der Waals surface area (Å²) in [5.41, 5.74) is 0.340. The average molecular weight is 314 g/mol. The normalized spacial score (nSPS) is 17.4. The number of carbonyl (C=O) groups excluding carboxylic acids is 1. The molecule has 1 aliphatic rings. The van der Waals surface area contributed by atoms with Crippen molar-refractivity contribution in [2.24, 2.45) is 0 Å². The summed E-state index contributed by atoms with van der Waals surface area (Å²) < 4.78 is 31.0. The van der Waals surface area contributed by atoms with E-state index >= 15 is 0 Å². The van der Waals surface area contributed by atoms with Crippen LogP contribution in [0.3, 0.4) is 0 Å². The standard InChI is InChI=1S/C15H20F2N2O3/c1-2-22-15(21)19-7-5-18(6-8-19)10-14(20)11-3-4-12(16)13(17)9-11/h3-4,9,14,20H,2,5-8,10H2,1H3. The van der Waals surface area contributed by atoms with Gasteiger partial charge in [-0.1, -0.05) is 6.07 Å². The first-order valence-electron chi connectivity index (χ1n) is 7.28. The number of aliphatic hydroxyl groups is 1. The van der Waals surface area contributed by atoms with Crippen molar-refractivity contribution in [2.45, 2.75) is 13.0 Å². The van der Waals surface area contributed by atoms with Crippen molar-refractivity contribution in [3.8, 4) is 0 Å². The lowest BCUT2D eigenvalue weighted by Crippen LogP contribution is -2.49. The van der Waals surface area contributed by atoms with Gasteiger partial charge in [-0.05, 0) is 24.6 Å². The number of amides is 1. The molecule has 7 heteroatoms. The number of benzene rings is 1. The Morgan fingerprint density at radius 2 is 1.95 bits per heavy atom. The van der Waals surface area contributed by atoms with Gasteiger partial charge in [-0.25, -0.2) is 13.6 Å². The van der Waals surface area contributed by atoms with Gasteiger partial charge < -0.3 is 14.7 Å². The molecule has 1 N–H and O–H groups in total. The highest BCUT2D eigenvalue weighted by atomic mass is 19.2. The number of nitrogens with zero attached hydrogens (tertiary/aromatic N) is 2. The second-order valence-electron chi connectivity index (χ2n) is 5.18. The molecular weight excluding hydrogens is 294 g/mol. The molecule has 1 saturated heterocycles. The van der Waals surface area contributed by atoms with E-state index in [-0.39, 0.29) is 6.09 Å². The molecule has 1 amide bonds. The van der Waals surface area contributed by atoms with E-state index in [1.54, 1.807) is 11.8 Å². The van der Waals surface area contributed by atoms with Crippen LogP contribution in [0.4, 0.5) is 13.6 Å². The Balaban J connectivity index is 1.85. The Labute approximate surface area is 128 Å². The summed E-state index contributed by atoms with van der Waals surface area (Å²) in [6, 6.07) is 3.39. The molecule has 122 valence electrons. The van der Waals surface area contributed by atoms with Crippen molar-refractivity contribution in [1.29, 1.82) is 0 Å². The fourth-order valence-corrected chi connectivity index (χ4v) is 2.40. The molecule has 0 saturated carbocycles. The summed E-state index contributed by atoms with van der Waals surface area (Å²) in [5, 5.41) is 10.1. The van der Waals surface area contributed by atoms with Gasteiger partial charge >= 0.3 is 6.09 Å². The van der Waals surface area contributed by atoms with Gasteiger partial charge in [-0.15, -0.1) is 0 Å². The van der Waals surface area contributed by atoms with Crippen LogP contribution in [0.25, 0.3) is 0 Å². The number of piperazine rings is 1. The fourth-order valence-electron chi connectivity index (χ4n) is 2.40. The predicted molar refractivity (Wildman–Crippen MR) is 76.4 cm³/mol. The van der Waals surface area contributed by atoms with E-state index < -0.39 is 17.7 Å². The Kier molecular flexibility index (Phi) is 5.68. The maximum atomic E-state index is 13.2. The first kappa shape index (κ1) is 16.6. The van der Waals surface area contributed by atoms with Gasteiger partial charge in [0.25, 0.3) is 0 Å². The third kappa shape index (κ3) is 4.14. The highest BCUT2D eigenvalue weighted by Gasteiger charge is 2.23. The summed E-state index contributed by atoms with van der Waals surface area (Å²) >= 11 is 0. The summed E-state index contributed by atoms with van der Waals surface area (Å²) in [4.78, 5) is 15.2. The number of halogens is 2. The number of aliphatic hydroxyl groups excluding tert-OH is 1. The van der Waals surface area contributed by atoms with Crippen molar-refractivity contribution in [3.05, 3.63) is 35.4 Å². The minimum Gasteiger partial charge on any atom is -0.450 e. The number of rotatable bonds is 4. The third-order valence-electron chi connectivity index (χ3n) is 3.66. The van der Waals surface area contributed by atoms with Crippen LogP contribution in [-0.4, -0.2) is 60.3 Å². The maximum absolute atomic E-state index is 13.2. The number of hydrogen-bond acceptors (Lipinski definition) is 4. The zero-order valence-electron chi connectivity index (χ0n) is 12.5. The summed E-state index contributed by atoms with van der Waals surface area (Å²) in [6.45, 7) is 4.63. The maximum Gasteiger partial charge on any atom is 0.409 e. The van der Waals surface area contributed by atoms with Crippen LogP contribution >= 0.6 is 0 Å². The van der Waals surface area contributed by atoms with Crippen molar-refractivity contribution in [1.82, 2.24) is 9.80 Å². The summed E-state index contributed by atoms with van der Waals surface area (Å²) in [7, 11) is 0. The molecule has 0 aromatic heterocycles. The smallest absolute Gasteiger partial charge is 0.409 e. The summed E-state index contributed by atoms with van der Waals surface area (Å²) in [6.07, 6.45) is -1.23. The lowest BCUT2D eigenvalue weighted by Gasteiger charge is -2.35. The van der Waals surface area contributed by atoms with Crippen LogP contribution in [-0.2, 0) is 4.74 Å². The Morgan fingerprint density at radius 3 is 2.55 bits per heavy atom. The molecule has 0 aliphatic carbocycles.